The normalized spacial score (nSPS) is 21.9. The molecule has 4 heteroatoms. The summed E-state index contributed by atoms with van der Waals surface area (Å²) in [5.41, 5.74) is 0.0589. The first kappa shape index (κ1) is 14.9. The Morgan fingerprint density at radius 2 is 1.95 bits per heavy atom. The molecule has 1 fully saturated rings. The van der Waals surface area contributed by atoms with E-state index in [4.69, 9.17) is 0 Å². The van der Waals surface area contributed by atoms with Crippen LogP contribution in [0.5, 0.6) is 0 Å². The molecule has 0 spiro atoms. The van der Waals surface area contributed by atoms with Crippen molar-refractivity contribution < 1.29 is 13.6 Å². The van der Waals surface area contributed by atoms with Crippen LogP contribution in [0.2, 0.25) is 0 Å². The molecule has 1 saturated carbocycles. The van der Waals surface area contributed by atoms with Gasteiger partial charge in [-0.15, -0.1) is 0 Å². The maximum Gasteiger partial charge on any atom is 0.251 e. The van der Waals surface area contributed by atoms with Crippen LogP contribution in [0.4, 0.5) is 8.78 Å². The maximum absolute atomic E-state index is 13.1. The molecule has 20 heavy (non-hydrogen) atoms. The molecule has 0 saturated heterocycles. The highest BCUT2D eigenvalue weighted by atomic mass is 19.1. The zero-order valence-corrected chi connectivity index (χ0v) is 11.8. The predicted octanol–water partition coefficient (Wildman–Crippen LogP) is 4.05. The van der Waals surface area contributed by atoms with Crippen LogP contribution in [0, 0.1) is 17.6 Å². The number of carbonyl (C=O) groups is 1. The molecular formula is C16H21F2NO. The van der Waals surface area contributed by atoms with E-state index >= 15 is 0 Å². The van der Waals surface area contributed by atoms with Gasteiger partial charge in [-0.1, -0.05) is 26.2 Å². The Hall–Kier alpha value is -1.45. The molecule has 2 rings (SSSR count). The first-order valence-electron chi connectivity index (χ1n) is 7.37. The summed E-state index contributed by atoms with van der Waals surface area (Å²) in [6.07, 6.45) is 6.61. The smallest absolute Gasteiger partial charge is 0.251 e. The number of rotatable bonds is 5. The molecule has 1 aromatic rings. The summed E-state index contributed by atoms with van der Waals surface area (Å²) < 4.78 is 26.3. The Bertz CT molecular complexity index is 455. The minimum Gasteiger partial charge on any atom is -0.349 e. The molecule has 2 unspecified atom stereocenters. The third-order valence-corrected chi connectivity index (χ3v) is 4.03. The highest BCUT2D eigenvalue weighted by Crippen LogP contribution is 2.30. The lowest BCUT2D eigenvalue weighted by atomic mass is 9.96. The van der Waals surface area contributed by atoms with E-state index in [-0.39, 0.29) is 17.5 Å². The Morgan fingerprint density at radius 1 is 1.25 bits per heavy atom. The molecule has 2 atom stereocenters. The lowest BCUT2D eigenvalue weighted by molar-refractivity contribution is 0.0925. The SMILES string of the molecule is CCCCC1CCCC1NC(=O)c1cc(F)cc(F)c1. The molecule has 1 amide bonds. The number of amides is 1. The number of benzene rings is 1. The fourth-order valence-electron chi connectivity index (χ4n) is 2.98. The van der Waals surface area contributed by atoms with Gasteiger partial charge in [0.1, 0.15) is 11.6 Å². The van der Waals surface area contributed by atoms with Crippen molar-refractivity contribution in [3.63, 3.8) is 0 Å². The van der Waals surface area contributed by atoms with Crippen LogP contribution in [-0.4, -0.2) is 11.9 Å². The lowest BCUT2D eigenvalue weighted by Gasteiger charge is -2.21. The Balaban J connectivity index is 1.99. The Labute approximate surface area is 118 Å². The number of hydrogen-bond acceptors (Lipinski definition) is 1. The summed E-state index contributed by atoms with van der Waals surface area (Å²) in [6, 6.07) is 3.07. The second-order valence-electron chi connectivity index (χ2n) is 5.57. The molecule has 0 heterocycles. The first-order chi connectivity index (χ1) is 9.60. The molecule has 1 N–H and O–H groups in total. The van der Waals surface area contributed by atoms with Gasteiger partial charge in [0.05, 0.1) is 0 Å². The minimum atomic E-state index is -0.718. The molecule has 1 aliphatic rings. The molecule has 1 aromatic carbocycles. The van der Waals surface area contributed by atoms with Crippen LogP contribution in [0.25, 0.3) is 0 Å². The summed E-state index contributed by atoms with van der Waals surface area (Å²) in [4.78, 5) is 12.1. The van der Waals surface area contributed by atoms with Crippen LogP contribution in [-0.2, 0) is 0 Å². The summed E-state index contributed by atoms with van der Waals surface area (Å²) in [7, 11) is 0. The predicted molar refractivity (Wildman–Crippen MR) is 74.5 cm³/mol. The van der Waals surface area contributed by atoms with E-state index in [0.717, 1.165) is 56.7 Å². The second-order valence-corrected chi connectivity index (χ2v) is 5.57. The van der Waals surface area contributed by atoms with Crippen LogP contribution < -0.4 is 5.32 Å². The van der Waals surface area contributed by atoms with Crippen molar-refractivity contribution in [1.29, 1.82) is 0 Å². The average Bonchev–Trinajstić information content (AvgIpc) is 2.82. The summed E-state index contributed by atoms with van der Waals surface area (Å²) >= 11 is 0. The number of halogens is 2. The highest BCUT2D eigenvalue weighted by Gasteiger charge is 2.28. The van der Waals surface area contributed by atoms with Crippen molar-refractivity contribution >= 4 is 5.91 Å². The number of hydrogen-bond donors (Lipinski definition) is 1. The van der Waals surface area contributed by atoms with E-state index in [1.54, 1.807) is 0 Å². The van der Waals surface area contributed by atoms with E-state index < -0.39 is 11.6 Å². The second kappa shape index (κ2) is 6.82. The van der Waals surface area contributed by atoms with Crippen LogP contribution >= 0.6 is 0 Å². The molecule has 110 valence electrons. The van der Waals surface area contributed by atoms with Crippen molar-refractivity contribution in [1.82, 2.24) is 5.32 Å². The van der Waals surface area contributed by atoms with Crippen molar-refractivity contribution in [2.24, 2.45) is 5.92 Å². The van der Waals surface area contributed by atoms with E-state index in [9.17, 15) is 13.6 Å². The fourth-order valence-corrected chi connectivity index (χ4v) is 2.98. The topological polar surface area (TPSA) is 29.1 Å². The van der Waals surface area contributed by atoms with Crippen LogP contribution in [0.3, 0.4) is 0 Å². The third kappa shape index (κ3) is 3.78. The van der Waals surface area contributed by atoms with Crippen molar-refractivity contribution in [2.75, 3.05) is 0 Å². The van der Waals surface area contributed by atoms with Gasteiger partial charge in [-0.2, -0.15) is 0 Å². The van der Waals surface area contributed by atoms with Gasteiger partial charge in [0.25, 0.3) is 5.91 Å². The Morgan fingerprint density at radius 3 is 2.60 bits per heavy atom. The molecule has 0 bridgehead atoms. The fraction of sp³-hybridized carbons (Fsp3) is 0.562. The first-order valence-corrected chi connectivity index (χ1v) is 7.37. The van der Waals surface area contributed by atoms with E-state index in [2.05, 4.69) is 12.2 Å². The Kier molecular flexibility index (Phi) is 5.10. The van der Waals surface area contributed by atoms with Gasteiger partial charge in [-0.3, -0.25) is 4.79 Å². The van der Waals surface area contributed by atoms with Crippen LogP contribution in [0.15, 0.2) is 18.2 Å². The number of carbonyl (C=O) groups excluding carboxylic acids is 1. The van der Waals surface area contributed by atoms with E-state index in [0.29, 0.717) is 5.92 Å². The average molecular weight is 281 g/mol. The van der Waals surface area contributed by atoms with Gasteiger partial charge in [0.15, 0.2) is 0 Å². The lowest BCUT2D eigenvalue weighted by Crippen LogP contribution is -2.37. The van der Waals surface area contributed by atoms with Crippen molar-refractivity contribution in [3.8, 4) is 0 Å². The summed E-state index contributed by atoms with van der Waals surface area (Å²) in [6.45, 7) is 2.15. The molecular weight excluding hydrogens is 260 g/mol. The van der Waals surface area contributed by atoms with Gasteiger partial charge in [0, 0.05) is 17.7 Å². The quantitative estimate of drug-likeness (QED) is 0.866. The standard InChI is InChI=1S/C16H21F2NO/c1-2-3-5-11-6-4-7-15(11)19-16(20)12-8-13(17)10-14(18)9-12/h8-11,15H,2-7H2,1H3,(H,19,20). The van der Waals surface area contributed by atoms with Crippen molar-refractivity contribution in [3.05, 3.63) is 35.4 Å². The maximum atomic E-state index is 13.1. The molecule has 0 radical (unpaired) electrons. The number of nitrogens with one attached hydrogen (secondary N) is 1. The van der Waals surface area contributed by atoms with E-state index in [1.807, 2.05) is 0 Å². The summed E-state index contributed by atoms with van der Waals surface area (Å²) in [5, 5.41) is 2.94. The zero-order chi connectivity index (χ0) is 14.5. The highest BCUT2D eigenvalue weighted by molar-refractivity contribution is 5.94. The van der Waals surface area contributed by atoms with Gasteiger partial charge >= 0.3 is 0 Å². The third-order valence-electron chi connectivity index (χ3n) is 4.03. The van der Waals surface area contributed by atoms with Crippen LogP contribution in [0.1, 0.15) is 55.8 Å². The zero-order valence-electron chi connectivity index (χ0n) is 11.8. The molecule has 0 aliphatic heterocycles. The van der Waals surface area contributed by atoms with E-state index in [1.165, 1.54) is 0 Å². The summed E-state index contributed by atoms with van der Waals surface area (Å²) in [5.74, 6) is -1.32. The number of unbranched alkanes of at least 4 members (excludes halogenated alkanes) is 1. The largest absolute Gasteiger partial charge is 0.349 e. The molecule has 2 nitrogen and oxygen atoms in total. The molecule has 1 aliphatic carbocycles. The van der Waals surface area contributed by atoms with Gasteiger partial charge < -0.3 is 5.32 Å². The van der Waals surface area contributed by atoms with Gasteiger partial charge in [-0.25, -0.2) is 8.78 Å². The van der Waals surface area contributed by atoms with Crippen molar-refractivity contribution in [2.45, 2.75) is 51.5 Å². The monoisotopic (exact) mass is 281 g/mol. The molecule has 0 aromatic heterocycles. The minimum absolute atomic E-state index is 0.0589. The van der Waals surface area contributed by atoms with Gasteiger partial charge in [0.2, 0.25) is 0 Å². The van der Waals surface area contributed by atoms with Gasteiger partial charge in [-0.05, 0) is 37.3 Å².